The number of sulfonamides is 1. The fourth-order valence-corrected chi connectivity index (χ4v) is 4.48. The van der Waals surface area contributed by atoms with Gasteiger partial charge < -0.3 is 5.32 Å². The summed E-state index contributed by atoms with van der Waals surface area (Å²) in [7, 11) is -4.02. The average molecular weight is 302 g/mol. The standard InChI is InChI=1S/C13H16F2N2O2S/c14-11-2-1-3-12(13(11)15)20(18,19)17-10-6-8-4-5-9(7-10)16-8/h1-3,8-10,16-17H,4-7H2. The van der Waals surface area contributed by atoms with Gasteiger partial charge in [0.15, 0.2) is 11.6 Å². The van der Waals surface area contributed by atoms with Crippen LogP contribution in [0.4, 0.5) is 8.78 Å². The van der Waals surface area contributed by atoms with Gasteiger partial charge in [0.2, 0.25) is 10.0 Å². The van der Waals surface area contributed by atoms with Crippen molar-refractivity contribution in [3.63, 3.8) is 0 Å². The van der Waals surface area contributed by atoms with E-state index in [1.165, 1.54) is 6.07 Å². The Hall–Kier alpha value is -1.05. The van der Waals surface area contributed by atoms with E-state index in [9.17, 15) is 17.2 Å². The highest BCUT2D eigenvalue weighted by Crippen LogP contribution is 2.28. The average Bonchev–Trinajstić information content (AvgIpc) is 2.71. The molecule has 2 saturated heterocycles. The molecule has 3 rings (SSSR count). The van der Waals surface area contributed by atoms with Gasteiger partial charge in [-0.25, -0.2) is 21.9 Å². The predicted molar refractivity (Wildman–Crippen MR) is 69.6 cm³/mol. The molecule has 7 heteroatoms. The summed E-state index contributed by atoms with van der Waals surface area (Å²) in [5.41, 5.74) is 0. The zero-order valence-corrected chi connectivity index (χ0v) is 11.6. The van der Waals surface area contributed by atoms with Crippen LogP contribution < -0.4 is 10.0 Å². The van der Waals surface area contributed by atoms with Gasteiger partial charge in [-0.3, -0.25) is 0 Å². The number of piperidine rings is 1. The summed E-state index contributed by atoms with van der Waals surface area (Å²) in [4.78, 5) is -0.622. The number of fused-ring (bicyclic) bond motifs is 2. The first kappa shape index (κ1) is 13.9. The number of nitrogens with one attached hydrogen (secondary N) is 2. The molecule has 0 aromatic heterocycles. The molecule has 0 amide bonds. The van der Waals surface area contributed by atoms with Crippen molar-refractivity contribution in [2.24, 2.45) is 0 Å². The van der Waals surface area contributed by atoms with Crippen LogP contribution in [-0.4, -0.2) is 26.5 Å². The summed E-state index contributed by atoms with van der Waals surface area (Å²) >= 11 is 0. The van der Waals surface area contributed by atoms with Crippen LogP contribution in [0, 0.1) is 11.6 Å². The summed E-state index contributed by atoms with van der Waals surface area (Å²) < 4.78 is 53.6. The van der Waals surface area contributed by atoms with Crippen molar-refractivity contribution in [2.45, 2.75) is 48.7 Å². The maximum atomic E-state index is 13.6. The van der Waals surface area contributed by atoms with Gasteiger partial charge in [-0.1, -0.05) is 6.07 Å². The number of hydrogen-bond donors (Lipinski definition) is 2. The third-order valence-electron chi connectivity index (χ3n) is 4.00. The minimum absolute atomic E-state index is 0.221. The molecule has 1 aromatic rings. The van der Waals surface area contributed by atoms with E-state index >= 15 is 0 Å². The quantitative estimate of drug-likeness (QED) is 0.890. The van der Waals surface area contributed by atoms with E-state index in [4.69, 9.17) is 0 Å². The molecule has 2 fully saturated rings. The first-order valence-electron chi connectivity index (χ1n) is 6.68. The number of benzene rings is 1. The van der Waals surface area contributed by atoms with Crippen molar-refractivity contribution < 1.29 is 17.2 Å². The van der Waals surface area contributed by atoms with Crippen LogP contribution in [0.25, 0.3) is 0 Å². The van der Waals surface area contributed by atoms with Crippen molar-refractivity contribution in [3.05, 3.63) is 29.8 Å². The Balaban J connectivity index is 1.80. The molecule has 1 aromatic carbocycles. The summed E-state index contributed by atoms with van der Waals surface area (Å²) in [6.07, 6.45) is 3.45. The SMILES string of the molecule is O=S(=O)(NC1CC2CCC(C1)N2)c1cccc(F)c1F. The van der Waals surface area contributed by atoms with Crippen molar-refractivity contribution in [1.29, 1.82) is 0 Å². The van der Waals surface area contributed by atoms with Crippen LogP contribution in [0.2, 0.25) is 0 Å². The van der Waals surface area contributed by atoms with E-state index in [0.717, 1.165) is 25.0 Å². The Bertz CT molecular complexity index is 609. The molecule has 2 unspecified atom stereocenters. The predicted octanol–water partition coefficient (Wildman–Crippen LogP) is 1.53. The smallest absolute Gasteiger partial charge is 0.243 e. The molecule has 0 spiro atoms. The molecule has 2 aliphatic rings. The molecule has 0 aliphatic carbocycles. The Morgan fingerprint density at radius 1 is 1.15 bits per heavy atom. The highest BCUT2D eigenvalue weighted by atomic mass is 32.2. The van der Waals surface area contributed by atoms with Gasteiger partial charge in [0.25, 0.3) is 0 Å². The van der Waals surface area contributed by atoms with E-state index in [0.29, 0.717) is 24.9 Å². The monoisotopic (exact) mass is 302 g/mol. The lowest BCUT2D eigenvalue weighted by atomic mass is 10.0. The van der Waals surface area contributed by atoms with Crippen LogP contribution in [-0.2, 0) is 10.0 Å². The topological polar surface area (TPSA) is 58.2 Å². The van der Waals surface area contributed by atoms with Gasteiger partial charge in [-0.05, 0) is 37.8 Å². The lowest BCUT2D eigenvalue weighted by molar-refractivity contribution is 0.344. The zero-order chi connectivity index (χ0) is 14.3. The fraction of sp³-hybridized carbons (Fsp3) is 0.538. The van der Waals surface area contributed by atoms with Crippen molar-refractivity contribution >= 4 is 10.0 Å². The summed E-state index contributed by atoms with van der Waals surface area (Å²) in [5.74, 6) is -2.48. The van der Waals surface area contributed by atoms with Crippen molar-refractivity contribution in [1.82, 2.24) is 10.0 Å². The summed E-state index contributed by atoms with van der Waals surface area (Å²) in [5, 5.41) is 3.40. The lowest BCUT2D eigenvalue weighted by Gasteiger charge is -2.29. The van der Waals surface area contributed by atoms with Gasteiger partial charge in [-0.15, -0.1) is 0 Å². The Morgan fingerprint density at radius 3 is 2.45 bits per heavy atom. The van der Waals surface area contributed by atoms with Gasteiger partial charge in [0.05, 0.1) is 0 Å². The lowest BCUT2D eigenvalue weighted by Crippen LogP contribution is -2.48. The zero-order valence-electron chi connectivity index (χ0n) is 10.8. The van der Waals surface area contributed by atoms with Gasteiger partial charge >= 0.3 is 0 Å². The molecule has 2 heterocycles. The first-order valence-corrected chi connectivity index (χ1v) is 8.16. The molecule has 2 bridgehead atoms. The second kappa shape index (κ2) is 5.05. The second-order valence-corrected chi connectivity index (χ2v) is 7.16. The Kier molecular flexibility index (Phi) is 3.51. The highest BCUT2D eigenvalue weighted by molar-refractivity contribution is 7.89. The Labute approximate surface area is 116 Å². The van der Waals surface area contributed by atoms with Crippen molar-refractivity contribution in [2.75, 3.05) is 0 Å². The molecular formula is C13H16F2N2O2S. The number of rotatable bonds is 3. The molecular weight excluding hydrogens is 286 g/mol. The van der Waals surface area contributed by atoms with E-state index in [1.807, 2.05) is 0 Å². The largest absolute Gasteiger partial charge is 0.311 e. The normalized spacial score (nSPS) is 29.6. The van der Waals surface area contributed by atoms with Crippen molar-refractivity contribution in [3.8, 4) is 0 Å². The van der Waals surface area contributed by atoms with Crippen LogP contribution in [0.3, 0.4) is 0 Å². The van der Waals surface area contributed by atoms with Crippen LogP contribution in [0.15, 0.2) is 23.1 Å². The second-order valence-electron chi connectivity index (χ2n) is 5.48. The summed E-state index contributed by atoms with van der Waals surface area (Å²) in [6, 6.07) is 3.59. The minimum Gasteiger partial charge on any atom is -0.311 e. The van der Waals surface area contributed by atoms with Crippen LogP contribution >= 0.6 is 0 Å². The molecule has 2 aliphatic heterocycles. The Morgan fingerprint density at radius 2 is 1.80 bits per heavy atom. The van der Waals surface area contributed by atoms with Gasteiger partial charge in [-0.2, -0.15) is 0 Å². The third-order valence-corrected chi connectivity index (χ3v) is 5.54. The van der Waals surface area contributed by atoms with Gasteiger partial charge in [0.1, 0.15) is 4.90 Å². The van der Waals surface area contributed by atoms with Crippen LogP contribution in [0.1, 0.15) is 25.7 Å². The van der Waals surface area contributed by atoms with Crippen LogP contribution in [0.5, 0.6) is 0 Å². The number of halogens is 2. The molecule has 0 saturated carbocycles. The highest BCUT2D eigenvalue weighted by Gasteiger charge is 2.36. The van der Waals surface area contributed by atoms with E-state index in [-0.39, 0.29) is 6.04 Å². The molecule has 2 atom stereocenters. The van der Waals surface area contributed by atoms with Gasteiger partial charge in [0, 0.05) is 18.1 Å². The minimum atomic E-state index is -4.02. The molecule has 4 nitrogen and oxygen atoms in total. The fourth-order valence-electron chi connectivity index (χ4n) is 3.13. The number of hydrogen-bond acceptors (Lipinski definition) is 3. The van der Waals surface area contributed by atoms with E-state index in [2.05, 4.69) is 10.0 Å². The third kappa shape index (κ3) is 2.57. The molecule has 0 radical (unpaired) electrons. The molecule has 2 N–H and O–H groups in total. The first-order chi connectivity index (χ1) is 9.45. The molecule has 20 heavy (non-hydrogen) atoms. The maximum Gasteiger partial charge on any atom is 0.243 e. The van der Waals surface area contributed by atoms with E-state index < -0.39 is 26.6 Å². The molecule has 110 valence electrons. The summed E-state index contributed by atoms with van der Waals surface area (Å²) in [6.45, 7) is 0. The maximum absolute atomic E-state index is 13.6. The van der Waals surface area contributed by atoms with E-state index in [1.54, 1.807) is 0 Å².